The largest absolute Gasteiger partial charge is 0.383 e. The number of halogens is 2. The summed E-state index contributed by atoms with van der Waals surface area (Å²) >= 11 is 1.46. The minimum atomic E-state index is -2.47. The van der Waals surface area contributed by atoms with Crippen LogP contribution in [0, 0.1) is 6.92 Å². The van der Waals surface area contributed by atoms with E-state index in [1.165, 1.54) is 23.5 Å². The third kappa shape index (κ3) is 2.53. The molecule has 0 aliphatic carbocycles. The Morgan fingerprint density at radius 1 is 1.06 bits per heavy atom. The summed E-state index contributed by atoms with van der Waals surface area (Å²) in [6.45, 7) is 1.92. The van der Waals surface area contributed by atoms with E-state index in [0.29, 0.717) is 5.56 Å². The van der Waals surface area contributed by atoms with E-state index in [9.17, 15) is 13.9 Å². The van der Waals surface area contributed by atoms with Crippen LogP contribution in [0.5, 0.6) is 0 Å². The predicted molar refractivity (Wildman–Crippen MR) is 64.5 cm³/mol. The maximum atomic E-state index is 12.4. The Labute approximate surface area is 102 Å². The number of aliphatic hydroxyl groups is 1. The molecule has 1 atom stereocenters. The highest BCUT2D eigenvalue weighted by molar-refractivity contribution is 7.10. The van der Waals surface area contributed by atoms with Gasteiger partial charge in [-0.25, -0.2) is 8.78 Å². The van der Waals surface area contributed by atoms with E-state index in [1.54, 1.807) is 12.1 Å². The molecule has 1 heterocycles. The molecule has 0 bridgehead atoms. The van der Waals surface area contributed by atoms with E-state index in [1.807, 2.05) is 18.4 Å². The van der Waals surface area contributed by atoms with Gasteiger partial charge in [0.15, 0.2) is 0 Å². The molecule has 2 aromatic rings. The van der Waals surface area contributed by atoms with Gasteiger partial charge in [0.05, 0.1) is 0 Å². The number of hydrogen-bond donors (Lipinski definition) is 1. The van der Waals surface area contributed by atoms with Crippen molar-refractivity contribution in [1.29, 1.82) is 0 Å². The van der Waals surface area contributed by atoms with Crippen LogP contribution in [0.3, 0.4) is 0 Å². The van der Waals surface area contributed by atoms with Crippen LogP contribution in [0.4, 0.5) is 8.78 Å². The Morgan fingerprint density at radius 3 is 2.12 bits per heavy atom. The monoisotopic (exact) mass is 254 g/mol. The van der Waals surface area contributed by atoms with Crippen molar-refractivity contribution < 1.29 is 13.9 Å². The zero-order chi connectivity index (χ0) is 12.4. The van der Waals surface area contributed by atoms with Gasteiger partial charge in [-0.3, -0.25) is 0 Å². The summed E-state index contributed by atoms with van der Waals surface area (Å²) in [6.07, 6.45) is -3.20. The highest BCUT2D eigenvalue weighted by Crippen LogP contribution is 2.30. The van der Waals surface area contributed by atoms with E-state index >= 15 is 0 Å². The van der Waals surface area contributed by atoms with Crippen LogP contribution in [0.2, 0.25) is 0 Å². The van der Waals surface area contributed by atoms with Crippen molar-refractivity contribution in [3.05, 3.63) is 57.3 Å². The van der Waals surface area contributed by atoms with E-state index in [2.05, 4.69) is 0 Å². The van der Waals surface area contributed by atoms with Crippen LogP contribution in [-0.2, 0) is 0 Å². The van der Waals surface area contributed by atoms with Crippen LogP contribution < -0.4 is 0 Å². The SMILES string of the molecule is Cc1ccsc1C(O)c1ccc(C(F)F)cc1. The predicted octanol–water partition coefficient (Wildman–Crippen LogP) is 4.08. The highest BCUT2D eigenvalue weighted by Gasteiger charge is 2.15. The first kappa shape index (κ1) is 12.2. The average Bonchev–Trinajstić information content (AvgIpc) is 2.74. The molecule has 1 N–H and O–H groups in total. The number of hydrogen-bond acceptors (Lipinski definition) is 2. The van der Waals surface area contributed by atoms with E-state index in [-0.39, 0.29) is 5.56 Å². The first-order valence-electron chi connectivity index (χ1n) is 5.19. The van der Waals surface area contributed by atoms with Gasteiger partial charge in [0.2, 0.25) is 0 Å². The van der Waals surface area contributed by atoms with Crippen LogP contribution in [-0.4, -0.2) is 5.11 Å². The second-order valence-electron chi connectivity index (χ2n) is 3.84. The Balaban J connectivity index is 2.26. The topological polar surface area (TPSA) is 20.2 Å². The molecule has 1 nitrogen and oxygen atoms in total. The third-order valence-corrected chi connectivity index (χ3v) is 3.73. The van der Waals surface area contributed by atoms with E-state index < -0.39 is 12.5 Å². The number of aryl methyl sites for hydroxylation is 1. The quantitative estimate of drug-likeness (QED) is 0.875. The number of aliphatic hydroxyl groups excluding tert-OH is 1. The number of alkyl halides is 2. The summed E-state index contributed by atoms with van der Waals surface area (Å²) in [5.74, 6) is 0. The summed E-state index contributed by atoms with van der Waals surface area (Å²) in [4.78, 5) is 0.856. The molecule has 0 aliphatic rings. The van der Waals surface area contributed by atoms with Crippen molar-refractivity contribution in [3.63, 3.8) is 0 Å². The van der Waals surface area contributed by atoms with Crippen molar-refractivity contribution in [2.75, 3.05) is 0 Å². The first-order valence-corrected chi connectivity index (χ1v) is 6.07. The van der Waals surface area contributed by atoms with E-state index in [0.717, 1.165) is 10.4 Å². The molecule has 1 aromatic heterocycles. The van der Waals surface area contributed by atoms with Gasteiger partial charge in [-0.1, -0.05) is 24.3 Å². The fourth-order valence-corrected chi connectivity index (χ4v) is 2.58. The van der Waals surface area contributed by atoms with E-state index in [4.69, 9.17) is 0 Å². The molecule has 2 rings (SSSR count). The Morgan fingerprint density at radius 2 is 1.65 bits per heavy atom. The lowest BCUT2D eigenvalue weighted by Crippen LogP contribution is -1.99. The second-order valence-corrected chi connectivity index (χ2v) is 4.79. The molecular weight excluding hydrogens is 242 g/mol. The molecule has 0 saturated carbocycles. The minimum Gasteiger partial charge on any atom is -0.383 e. The lowest BCUT2D eigenvalue weighted by molar-refractivity contribution is 0.151. The Kier molecular flexibility index (Phi) is 3.54. The summed E-state index contributed by atoms with van der Waals surface area (Å²) < 4.78 is 24.8. The second kappa shape index (κ2) is 4.94. The van der Waals surface area contributed by atoms with Gasteiger partial charge in [-0.15, -0.1) is 11.3 Å². The average molecular weight is 254 g/mol. The van der Waals surface area contributed by atoms with Crippen molar-refractivity contribution in [3.8, 4) is 0 Å². The number of rotatable bonds is 3. The lowest BCUT2D eigenvalue weighted by atomic mass is 10.0. The molecule has 0 amide bonds. The molecule has 0 saturated heterocycles. The maximum Gasteiger partial charge on any atom is 0.263 e. The summed E-state index contributed by atoms with van der Waals surface area (Å²) in [7, 11) is 0. The Hall–Kier alpha value is -1.26. The normalized spacial score (nSPS) is 13.0. The molecule has 17 heavy (non-hydrogen) atoms. The van der Waals surface area contributed by atoms with Crippen LogP contribution in [0.1, 0.15) is 34.1 Å². The van der Waals surface area contributed by atoms with Gasteiger partial charge < -0.3 is 5.11 Å². The van der Waals surface area contributed by atoms with Crippen molar-refractivity contribution in [2.24, 2.45) is 0 Å². The molecule has 1 unspecified atom stereocenters. The molecule has 0 spiro atoms. The van der Waals surface area contributed by atoms with Crippen molar-refractivity contribution >= 4 is 11.3 Å². The van der Waals surface area contributed by atoms with Gasteiger partial charge in [0.1, 0.15) is 6.10 Å². The zero-order valence-electron chi connectivity index (χ0n) is 9.23. The zero-order valence-corrected chi connectivity index (χ0v) is 10.0. The molecule has 0 fully saturated rings. The Bertz CT molecular complexity index is 490. The fraction of sp³-hybridized carbons (Fsp3) is 0.231. The van der Waals surface area contributed by atoms with Crippen LogP contribution in [0.15, 0.2) is 35.7 Å². The molecule has 90 valence electrons. The molecule has 0 radical (unpaired) electrons. The summed E-state index contributed by atoms with van der Waals surface area (Å²) in [5.41, 5.74) is 1.63. The van der Waals surface area contributed by atoms with Gasteiger partial charge in [0.25, 0.3) is 6.43 Å². The minimum absolute atomic E-state index is 0.0242. The third-order valence-electron chi connectivity index (χ3n) is 2.65. The fourth-order valence-electron chi connectivity index (χ4n) is 1.64. The van der Waals surface area contributed by atoms with Gasteiger partial charge >= 0.3 is 0 Å². The van der Waals surface area contributed by atoms with Gasteiger partial charge in [-0.2, -0.15) is 0 Å². The lowest BCUT2D eigenvalue weighted by Gasteiger charge is -2.11. The first-order chi connectivity index (χ1) is 8.09. The molecular formula is C13H12F2OS. The molecule has 4 heteroatoms. The van der Waals surface area contributed by atoms with Crippen molar-refractivity contribution in [2.45, 2.75) is 19.5 Å². The highest BCUT2D eigenvalue weighted by atomic mass is 32.1. The maximum absolute atomic E-state index is 12.4. The van der Waals surface area contributed by atoms with Crippen LogP contribution >= 0.6 is 11.3 Å². The van der Waals surface area contributed by atoms with Gasteiger partial charge in [0, 0.05) is 10.4 Å². The number of benzene rings is 1. The molecule has 1 aromatic carbocycles. The van der Waals surface area contributed by atoms with Gasteiger partial charge in [-0.05, 0) is 29.5 Å². The van der Waals surface area contributed by atoms with Crippen LogP contribution in [0.25, 0.3) is 0 Å². The summed E-state index contributed by atoms with van der Waals surface area (Å²) in [5, 5.41) is 12.0. The summed E-state index contributed by atoms with van der Waals surface area (Å²) in [6, 6.07) is 7.73. The van der Waals surface area contributed by atoms with Crippen molar-refractivity contribution in [1.82, 2.24) is 0 Å². The molecule has 0 aliphatic heterocycles. The smallest absolute Gasteiger partial charge is 0.263 e. The standard InChI is InChI=1S/C13H12F2OS/c1-8-6-7-17-12(8)11(16)9-2-4-10(5-3-9)13(14)15/h2-7,11,13,16H,1H3. The number of thiophene rings is 1.